The molecule has 0 saturated carbocycles. The molecule has 0 bridgehead atoms. The lowest BCUT2D eigenvalue weighted by molar-refractivity contribution is 0.594. The van der Waals surface area contributed by atoms with Gasteiger partial charge in [0.15, 0.2) is 9.84 Å². The fraction of sp³-hybridized carbons (Fsp3) is 0.267. The number of aryl methyl sites for hydroxylation is 2. The van der Waals surface area contributed by atoms with Gasteiger partial charge in [-0.3, -0.25) is 4.98 Å². The minimum atomic E-state index is -3.15. The van der Waals surface area contributed by atoms with Gasteiger partial charge in [0.05, 0.1) is 11.5 Å². The van der Waals surface area contributed by atoms with E-state index in [9.17, 15) is 8.42 Å². The molecule has 0 unspecified atom stereocenters. The Morgan fingerprint density at radius 3 is 2.16 bits per heavy atom. The molecule has 0 N–H and O–H groups in total. The average molecular weight is 275 g/mol. The Bertz CT molecular complexity index is 664. The van der Waals surface area contributed by atoms with E-state index in [-0.39, 0.29) is 11.5 Å². The second-order valence-electron chi connectivity index (χ2n) is 4.81. The molecule has 2 rings (SSSR count). The van der Waals surface area contributed by atoms with Crippen LogP contribution in [0.2, 0.25) is 0 Å². The lowest BCUT2D eigenvalue weighted by Gasteiger charge is -2.07. The molecule has 19 heavy (non-hydrogen) atoms. The van der Waals surface area contributed by atoms with Gasteiger partial charge in [0, 0.05) is 12.4 Å². The molecule has 0 fully saturated rings. The van der Waals surface area contributed by atoms with Crippen LogP contribution in [0.5, 0.6) is 0 Å². The summed E-state index contributed by atoms with van der Waals surface area (Å²) in [6.45, 7) is 4.01. The van der Waals surface area contributed by atoms with Gasteiger partial charge in [0.1, 0.15) is 0 Å². The van der Waals surface area contributed by atoms with Gasteiger partial charge >= 0.3 is 0 Å². The second-order valence-corrected chi connectivity index (χ2v) is 6.87. The first-order valence-electron chi connectivity index (χ1n) is 6.12. The van der Waals surface area contributed by atoms with Gasteiger partial charge in [0.2, 0.25) is 0 Å². The summed E-state index contributed by atoms with van der Waals surface area (Å²) in [6.07, 6.45) is 3.22. The van der Waals surface area contributed by atoms with E-state index in [0.717, 1.165) is 16.7 Å². The minimum Gasteiger partial charge on any atom is -0.265 e. The van der Waals surface area contributed by atoms with Gasteiger partial charge in [-0.05, 0) is 48.2 Å². The van der Waals surface area contributed by atoms with Gasteiger partial charge < -0.3 is 0 Å². The molecule has 0 spiro atoms. The molecule has 0 aliphatic rings. The number of hydrogen-bond acceptors (Lipinski definition) is 3. The molecule has 0 atom stereocenters. The predicted molar refractivity (Wildman–Crippen MR) is 76.5 cm³/mol. The van der Waals surface area contributed by atoms with E-state index in [1.165, 1.54) is 5.56 Å². The molecule has 1 aromatic heterocycles. The molecule has 0 aliphatic carbocycles. The molecule has 0 radical (unpaired) electrons. The SMILES string of the molecule is Cc1ccc(CS(=O)(=O)Cc2ccncc2)cc1C. The Hall–Kier alpha value is -1.68. The van der Waals surface area contributed by atoms with Crippen molar-refractivity contribution in [2.24, 2.45) is 0 Å². The fourth-order valence-corrected chi connectivity index (χ4v) is 3.42. The fourth-order valence-electron chi connectivity index (χ4n) is 1.93. The van der Waals surface area contributed by atoms with Crippen molar-refractivity contribution in [1.82, 2.24) is 4.98 Å². The highest BCUT2D eigenvalue weighted by Crippen LogP contribution is 2.15. The summed E-state index contributed by atoms with van der Waals surface area (Å²) in [4.78, 5) is 3.89. The first kappa shape index (κ1) is 13.7. The zero-order valence-electron chi connectivity index (χ0n) is 11.1. The first-order valence-corrected chi connectivity index (χ1v) is 7.94. The summed E-state index contributed by atoms with van der Waals surface area (Å²) in [5, 5.41) is 0. The summed E-state index contributed by atoms with van der Waals surface area (Å²) in [5.41, 5.74) is 3.92. The molecule has 3 nitrogen and oxygen atoms in total. The Balaban J connectivity index is 2.15. The van der Waals surface area contributed by atoms with E-state index in [4.69, 9.17) is 0 Å². The summed E-state index contributed by atoms with van der Waals surface area (Å²) in [5.74, 6) is 0.138. The van der Waals surface area contributed by atoms with Gasteiger partial charge in [0.25, 0.3) is 0 Å². The average Bonchev–Trinajstić information content (AvgIpc) is 2.34. The van der Waals surface area contributed by atoms with Gasteiger partial charge in [-0.1, -0.05) is 18.2 Å². The predicted octanol–water partition coefficient (Wildman–Crippen LogP) is 2.81. The van der Waals surface area contributed by atoms with Gasteiger partial charge in [-0.25, -0.2) is 8.42 Å². The monoisotopic (exact) mass is 275 g/mol. The third kappa shape index (κ3) is 3.89. The molecule has 0 amide bonds. The van der Waals surface area contributed by atoms with Gasteiger partial charge in [-0.15, -0.1) is 0 Å². The van der Waals surface area contributed by atoms with Crippen LogP contribution >= 0.6 is 0 Å². The summed E-state index contributed by atoms with van der Waals surface area (Å²) in [6, 6.07) is 9.26. The molecule has 1 heterocycles. The third-order valence-electron chi connectivity index (χ3n) is 3.09. The van der Waals surface area contributed by atoms with Crippen molar-refractivity contribution in [3.63, 3.8) is 0 Å². The lowest BCUT2D eigenvalue weighted by atomic mass is 10.1. The molecular weight excluding hydrogens is 258 g/mol. The van der Waals surface area contributed by atoms with Crippen molar-refractivity contribution in [3.05, 3.63) is 65.0 Å². The van der Waals surface area contributed by atoms with Crippen LogP contribution in [0.4, 0.5) is 0 Å². The van der Waals surface area contributed by atoms with Crippen molar-refractivity contribution in [1.29, 1.82) is 0 Å². The Morgan fingerprint density at radius 1 is 0.895 bits per heavy atom. The van der Waals surface area contributed by atoms with Crippen LogP contribution in [-0.4, -0.2) is 13.4 Å². The van der Waals surface area contributed by atoms with Crippen LogP contribution in [0, 0.1) is 13.8 Å². The summed E-state index contributed by atoms with van der Waals surface area (Å²) >= 11 is 0. The quantitative estimate of drug-likeness (QED) is 0.862. The summed E-state index contributed by atoms with van der Waals surface area (Å²) < 4.78 is 24.3. The normalized spacial score (nSPS) is 11.5. The Labute approximate surface area is 114 Å². The topological polar surface area (TPSA) is 47.0 Å². The molecular formula is C15H17NO2S. The van der Waals surface area contributed by atoms with Crippen LogP contribution in [0.25, 0.3) is 0 Å². The molecule has 1 aromatic carbocycles. The van der Waals surface area contributed by atoms with Crippen molar-refractivity contribution < 1.29 is 8.42 Å². The number of nitrogens with zero attached hydrogens (tertiary/aromatic N) is 1. The highest BCUT2D eigenvalue weighted by atomic mass is 32.2. The number of rotatable bonds is 4. The number of hydrogen-bond donors (Lipinski definition) is 0. The molecule has 2 aromatic rings. The number of benzene rings is 1. The highest BCUT2D eigenvalue weighted by Gasteiger charge is 2.13. The maximum atomic E-state index is 12.1. The minimum absolute atomic E-state index is 0.0580. The zero-order chi connectivity index (χ0) is 13.9. The van der Waals surface area contributed by atoms with E-state index in [0.29, 0.717) is 0 Å². The lowest BCUT2D eigenvalue weighted by Crippen LogP contribution is -2.08. The van der Waals surface area contributed by atoms with Crippen LogP contribution in [-0.2, 0) is 21.3 Å². The number of aromatic nitrogens is 1. The zero-order valence-corrected chi connectivity index (χ0v) is 11.9. The Morgan fingerprint density at radius 2 is 1.53 bits per heavy atom. The van der Waals surface area contributed by atoms with Gasteiger partial charge in [-0.2, -0.15) is 0 Å². The smallest absolute Gasteiger partial charge is 0.158 e. The largest absolute Gasteiger partial charge is 0.265 e. The first-order chi connectivity index (χ1) is 8.96. The molecule has 0 saturated heterocycles. The van der Waals surface area contributed by atoms with Crippen molar-refractivity contribution >= 4 is 9.84 Å². The number of sulfone groups is 1. The second kappa shape index (κ2) is 5.53. The van der Waals surface area contributed by atoms with E-state index < -0.39 is 9.84 Å². The van der Waals surface area contributed by atoms with E-state index in [1.54, 1.807) is 24.5 Å². The van der Waals surface area contributed by atoms with E-state index in [2.05, 4.69) is 4.98 Å². The van der Waals surface area contributed by atoms with E-state index >= 15 is 0 Å². The van der Waals surface area contributed by atoms with Crippen LogP contribution < -0.4 is 0 Å². The van der Waals surface area contributed by atoms with Crippen LogP contribution in [0.3, 0.4) is 0 Å². The Kier molecular flexibility index (Phi) is 4.00. The van der Waals surface area contributed by atoms with E-state index in [1.807, 2.05) is 32.0 Å². The molecule has 0 aliphatic heterocycles. The highest BCUT2D eigenvalue weighted by molar-refractivity contribution is 7.89. The molecule has 4 heteroatoms. The maximum Gasteiger partial charge on any atom is 0.158 e. The summed E-state index contributed by atoms with van der Waals surface area (Å²) in [7, 11) is -3.15. The number of pyridine rings is 1. The molecule has 100 valence electrons. The van der Waals surface area contributed by atoms with Crippen molar-refractivity contribution in [2.45, 2.75) is 25.4 Å². The van der Waals surface area contributed by atoms with Crippen LogP contribution in [0.15, 0.2) is 42.7 Å². The van der Waals surface area contributed by atoms with Crippen molar-refractivity contribution in [3.8, 4) is 0 Å². The third-order valence-corrected chi connectivity index (χ3v) is 4.64. The maximum absolute atomic E-state index is 12.1. The van der Waals surface area contributed by atoms with Crippen LogP contribution in [0.1, 0.15) is 22.3 Å². The van der Waals surface area contributed by atoms with Crippen molar-refractivity contribution in [2.75, 3.05) is 0 Å². The standard InChI is InChI=1S/C15H17NO2S/c1-12-3-4-15(9-13(12)2)11-19(17,18)10-14-5-7-16-8-6-14/h3-9H,10-11H2,1-2H3.